The molecule has 0 saturated carbocycles. The highest BCUT2D eigenvalue weighted by molar-refractivity contribution is 8.26. The Balaban J connectivity index is 2.24. The topological polar surface area (TPSA) is 60.6 Å². The zero-order chi connectivity index (χ0) is 13.0. The average Bonchev–Trinajstić information content (AvgIpc) is 2.39. The molecule has 1 heterocycles. The number of nitrogens with one attached hydrogen (secondary N) is 2. The van der Waals surface area contributed by atoms with Crippen LogP contribution in [0.15, 0.2) is 36.4 Å². The Kier molecular flexibility index (Phi) is 4.10. The molecule has 2 N–H and O–H groups in total. The normalized spacial score (nSPS) is 14.2. The molecule has 0 aromatic carbocycles. The Morgan fingerprint density at radius 1 is 1.33 bits per heavy atom. The van der Waals surface area contributed by atoms with Crippen LogP contribution in [-0.2, 0) is 0 Å². The van der Waals surface area contributed by atoms with Crippen LogP contribution >= 0.6 is 11.8 Å². The standard InChI is InChI=1S/C14H15N3S/c1-10(15)18-14(16)13-9-5-8-12(17-13)11-6-3-2-4-7-11/h2-3,5-6,8-9,15-16H,4,7H2,1H3. The molecular weight excluding hydrogens is 242 g/mol. The lowest BCUT2D eigenvalue weighted by atomic mass is 10.0. The van der Waals surface area contributed by atoms with Gasteiger partial charge in [0.1, 0.15) is 5.04 Å². The van der Waals surface area contributed by atoms with Gasteiger partial charge >= 0.3 is 0 Å². The molecule has 1 aliphatic rings. The molecule has 4 heteroatoms. The second kappa shape index (κ2) is 5.78. The number of allylic oxidation sites excluding steroid dienone is 4. The molecule has 2 rings (SSSR count). The van der Waals surface area contributed by atoms with Crippen molar-refractivity contribution in [1.29, 1.82) is 10.8 Å². The van der Waals surface area contributed by atoms with Crippen LogP contribution in [0, 0.1) is 10.8 Å². The van der Waals surface area contributed by atoms with Gasteiger partial charge in [0.2, 0.25) is 0 Å². The maximum atomic E-state index is 7.90. The van der Waals surface area contributed by atoms with Crippen molar-refractivity contribution in [2.24, 2.45) is 0 Å². The Bertz CT molecular complexity index is 544. The maximum absolute atomic E-state index is 7.90. The van der Waals surface area contributed by atoms with Crippen molar-refractivity contribution < 1.29 is 0 Å². The summed E-state index contributed by atoms with van der Waals surface area (Å²) in [7, 11) is 0. The number of rotatable bonds is 2. The molecule has 0 unspecified atom stereocenters. The lowest BCUT2D eigenvalue weighted by Gasteiger charge is -2.10. The van der Waals surface area contributed by atoms with E-state index in [1.165, 1.54) is 5.57 Å². The first-order valence-corrected chi connectivity index (χ1v) is 6.63. The summed E-state index contributed by atoms with van der Waals surface area (Å²) in [5, 5.41) is 16.0. The van der Waals surface area contributed by atoms with E-state index < -0.39 is 0 Å². The van der Waals surface area contributed by atoms with Gasteiger partial charge in [-0.15, -0.1) is 0 Å². The SMILES string of the molecule is CC(=N)SC(=N)c1cccc(C2=CC=CCC2)n1. The van der Waals surface area contributed by atoms with Crippen LogP contribution < -0.4 is 0 Å². The van der Waals surface area contributed by atoms with Crippen LogP contribution in [0.1, 0.15) is 31.2 Å². The summed E-state index contributed by atoms with van der Waals surface area (Å²) in [4.78, 5) is 4.51. The molecule has 0 bridgehead atoms. The van der Waals surface area contributed by atoms with Crippen LogP contribution in [0.4, 0.5) is 0 Å². The van der Waals surface area contributed by atoms with Crippen LogP contribution in [0.3, 0.4) is 0 Å². The second-order valence-corrected chi connectivity index (χ2v) is 5.28. The van der Waals surface area contributed by atoms with E-state index in [9.17, 15) is 0 Å². The molecule has 0 atom stereocenters. The van der Waals surface area contributed by atoms with Gasteiger partial charge < -0.3 is 0 Å². The van der Waals surface area contributed by atoms with E-state index >= 15 is 0 Å². The minimum atomic E-state index is 0.330. The number of nitrogens with zero attached hydrogens (tertiary/aromatic N) is 1. The Hall–Kier alpha value is -1.68. The van der Waals surface area contributed by atoms with Crippen molar-refractivity contribution in [1.82, 2.24) is 4.98 Å². The number of hydrogen-bond donors (Lipinski definition) is 2. The fraction of sp³-hybridized carbons (Fsp3) is 0.214. The molecular formula is C14H15N3S. The highest BCUT2D eigenvalue weighted by Crippen LogP contribution is 2.22. The van der Waals surface area contributed by atoms with E-state index in [2.05, 4.69) is 23.2 Å². The van der Waals surface area contributed by atoms with E-state index in [0.717, 1.165) is 30.3 Å². The van der Waals surface area contributed by atoms with Crippen molar-refractivity contribution >= 4 is 27.4 Å². The van der Waals surface area contributed by atoms with E-state index in [0.29, 0.717) is 15.8 Å². The zero-order valence-corrected chi connectivity index (χ0v) is 11.1. The van der Waals surface area contributed by atoms with E-state index in [4.69, 9.17) is 10.8 Å². The maximum Gasteiger partial charge on any atom is 0.119 e. The molecule has 0 aliphatic heterocycles. The Morgan fingerprint density at radius 2 is 2.17 bits per heavy atom. The van der Waals surface area contributed by atoms with Gasteiger partial charge in [0.05, 0.1) is 16.4 Å². The van der Waals surface area contributed by atoms with Gasteiger partial charge in [0.15, 0.2) is 0 Å². The lowest BCUT2D eigenvalue weighted by Crippen LogP contribution is -2.02. The Morgan fingerprint density at radius 3 is 2.83 bits per heavy atom. The van der Waals surface area contributed by atoms with Gasteiger partial charge in [-0.3, -0.25) is 10.8 Å². The summed E-state index contributed by atoms with van der Waals surface area (Å²) in [6.07, 6.45) is 8.31. The number of thioether (sulfide) groups is 1. The summed E-state index contributed by atoms with van der Waals surface area (Å²) in [5.74, 6) is 0. The minimum absolute atomic E-state index is 0.330. The molecule has 0 radical (unpaired) electrons. The molecule has 0 fully saturated rings. The fourth-order valence-electron chi connectivity index (χ4n) is 1.76. The summed E-state index contributed by atoms with van der Waals surface area (Å²) < 4.78 is 0. The van der Waals surface area contributed by atoms with Crippen LogP contribution in [0.5, 0.6) is 0 Å². The van der Waals surface area contributed by atoms with Crippen LogP contribution in [-0.4, -0.2) is 15.1 Å². The fourth-order valence-corrected chi connectivity index (χ4v) is 2.29. The van der Waals surface area contributed by atoms with E-state index in [1.807, 2.05) is 18.2 Å². The third-order valence-electron chi connectivity index (χ3n) is 2.58. The molecule has 1 aromatic heterocycles. The highest BCUT2D eigenvalue weighted by Gasteiger charge is 2.09. The summed E-state index contributed by atoms with van der Waals surface area (Å²) in [5.41, 5.74) is 2.79. The number of hydrogen-bond acceptors (Lipinski definition) is 4. The first kappa shape index (κ1) is 12.8. The quantitative estimate of drug-likeness (QED) is 0.624. The number of aromatic nitrogens is 1. The van der Waals surface area contributed by atoms with Gasteiger partial charge in [0.25, 0.3) is 0 Å². The third-order valence-corrected chi connectivity index (χ3v) is 3.30. The molecule has 1 aromatic rings. The molecule has 1 aliphatic carbocycles. The minimum Gasteiger partial charge on any atom is -0.298 e. The van der Waals surface area contributed by atoms with Crippen molar-refractivity contribution in [3.63, 3.8) is 0 Å². The first-order valence-electron chi connectivity index (χ1n) is 5.82. The predicted octanol–water partition coefficient (Wildman–Crippen LogP) is 3.87. The van der Waals surface area contributed by atoms with Gasteiger partial charge in [0, 0.05) is 0 Å². The van der Waals surface area contributed by atoms with Crippen LogP contribution in [0.2, 0.25) is 0 Å². The monoisotopic (exact) mass is 257 g/mol. The van der Waals surface area contributed by atoms with Crippen molar-refractivity contribution in [3.05, 3.63) is 47.8 Å². The third kappa shape index (κ3) is 3.17. The van der Waals surface area contributed by atoms with Gasteiger partial charge in [-0.05, 0) is 37.5 Å². The van der Waals surface area contributed by atoms with Gasteiger partial charge in [-0.1, -0.05) is 36.1 Å². The highest BCUT2D eigenvalue weighted by atomic mass is 32.2. The molecule has 0 amide bonds. The smallest absolute Gasteiger partial charge is 0.119 e. The molecule has 92 valence electrons. The summed E-state index contributed by atoms with van der Waals surface area (Å²) in [6, 6.07) is 5.72. The second-order valence-electron chi connectivity index (χ2n) is 4.05. The van der Waals surface area contributed by atoms with E-state index in [1.54, 1.807) is 6.92 Å². The van der Waals surface area contributed by atoms with Crippen LogP contribution in [0.25, 0.3) is 5.57 Å². The predicted molar refractivity (Wildman–Crippen MR) is 78.4 cm³/mol. The summed E-state index contributed by atoms with van der Waals surface area (Å²) in [6.45, 7) is 1.68. The van der Waals surface area contributed by atoms with Gasteiger partial charge in [-0.2, -0.15) is 0 Å². The Labute approximate surface area is 111 Å². The van der Waals surface area contributed by atoms with Crippen molar-refractivity contribution in [2.75, 3.05) is 0 Å². The number of pyridine rings is 1. The molecule has 18 heavy (non-hydrogen) atoms. The zero-order valence-electron chi connectivity index (χ0n) is 10.2. The van der Waals surface area contributed by atoms with Crippen molar-refractivity contribution in [2.45, 2.75) is 19.8 Å². The molecule has 3 nitrogen and oxygen atoms in total. The summed E-state index contributed by atoms with van der Waals surface area (Å²) >= 11 is 1.13. The molecule has 0 saturated heterocycles. The molecule has 0 spiro atoms. The van der Waals surface area contributed by atoms with Crippen molar-refractivity contribution in [3.8, 4) is 0 Å². The lowest BCUT2D eigenvalue weighted by molar-refractivity contribution is 1.04. The first-order chi connectivity index (χ1) is 8.66. The van der Waals surface area contributed by atoms with Gasteiger partial charge in [-0.25, -0.2) is 4.98 Å². The largest absolute Gasteiger partial charge is 0.298 e. The van der Waals surface area contributed by atoms with E-state index in [-0.39, 0.29) is 0 Å². The average molecular weight is 257 g/mol.